The predicted molar refractivity (Wildman–Crippen MR) is 90.4 cm³/mol. The van der Waals surface area contributed by atoms with Gasteiger partial charge >= 0.3 is 5.97 Å². The fraction of sp³-hybridized carbons (Fsp3) is 0.118. The quantitative estimate of drug-likeness (QED) is 0.455. The van der Waals surface area contributed by atoms with E-state index in [1.807, 2.05) is 6.07 Å². The van der Waals surface area contributed by atoms with E-state index < -0.39 is 16.8 Å². The largest absolute Gasteiger partial charge is 0.481 e. The highest BCUT2D eigenvalue weighted by Gasteiger charge is 2.11. The topological polar surface area (TPSA) is 122 Å². The Kier molecular flexibility index (Phi) is 5.94. The van der Waals surface area contributed by atoms with Gasteiger partial charge in [0, 0.05) is 24.1 Å². The van der Waals surface area contributed by atoms with Gasteiger partial charge in [0.1, 0.15) is 0 Å². The van der Waals surface area contributed by atoms with E-state index in [0.717, 1.165) is 0 Å². The van der Waals surface area contributed by atoms with E-state index in [1.54, 1.807) is 24.3 Å². The molecule has 2 rings (SSSR count). The standard InChI is InChI=1S/C17H15N3O5/c21-16(22)11-10-15(12-4-2-1-3-5-12)18-19-17(23)13-6-8-14(9-7-13)20(24)25/h1-9H,10-11H2,(H,19,23)(H,21,22). The van der Waals surface area contributed by atoms with Crippen molar-refractivity contribution in [1.82, 2.24) is 5.43 Å². The minimum atomic E-state index is -0.967. The lowest BCUT2D eigenvalue weighted by Crippen LogP contribution is -2.20. The molecule has 0 aliphatic carbocycles. The fourth-order valence-corrected chi connectivity index (χ4v) is 2.04. The zero-order valence-corrected chi connectivity index (χ0v) is 13.1. The van der Waals surface area contributed by atoms with E-state index >= 15 is 0 Å². The number of nitrogens with zero attached hydrogens (tertiary/aromatic N) is 2. The van der Waals surface area contributed by atoms with Crippen LogP contribution in [0, 0.1) is 10.1 Å². The minimum absolute atomic E-state index is 0.119. The van der Waals surface area contributed by atoms with Crippen LogP contribution in [0.2, 0.25) is 0 Å². The molecule has 0 aromatic heterocycles. The van der Waals surface area contributed by atoms with Gasteiger partial charge in [-0.05, 0) is 17.7 Å². The first kappa shape index (κ1) is 17.8. The molecule has 1 amide bonds. The number of carboxylic acid groups (broad SMARTS) is 1. The molecule has 0 atom stereocenters. The van der Waals surface area contributed by atoms with Gasteiger partial charge in [0.05, 0.1) is 17.1 Å². The van der Waals surface area contributed by atoms with Crippen molar-refractivity contribution >= 4 is 23.3 Å². The number of benzene rings is 2. The van der Waals surface area contributed by atoms with Crippen LogP contribution in [0.25, 0.3) is 0 Å². The van der Waals surface area contributed by atoms with E-state index in [9.17, 15) is 19.7 Å². The van der Waals surface area contributed by atoms with Crippen molar-refractivity contribution in [1.29, 1.82) is 0 Å². The van der Waals surface area contributed by atoms with Crippen molar-refractivity contribution < 1.29 is 19.6 Å². The van der Waals surface area contributed by atoms with E-state index in [2.05, 4.69) is 10.5 Å². The molecule has 2 aromatic carbocycles. The summed E-state index contributed by atoms with van der Waals surface area (Å²) in [6.45, 7) is 0. The Labute approximate surface area is 142 Å². The molecule has 0 heterocycles. The Balaban J connectivity index is 2.14. The smallest absolute Gasteiger partial charge is 0.303 e. The maximum Gasteiger partial charge on any atom is 0.303 e. The lowest BCUT2D eigenvalue weighted by atomic mass is 10.1. The molecular weight excluding hydrogens is 326 g/mol. The average Bonchev–Trinajstić information content (AvgIpc) is 2.62. The number of carboxylic acids is 1. The minimum Gasteiger partial charge on any atom is -0.481 e. The normalized spacial score (nSPS) is 11.0. The molecular formula is C17H15N3O5. The number of carbonyl (C=O) groups excluding carboxylic acids is 1. The number of nitrogens with one attached hydrogen (secondary N) is 1. The highest BCUT2D eigenvalue weighted by molar-refractivity contribution is 6.03. The van der Waals surface area contributed by atoms with Crippen molar-refractivity contribution in [2.75, 3.05) is 0 Å². The van der Waals surface area contributed by atoms with Gasteiger partial charge in [0.2, 0.25) is 0 Å². The highest BCUT2D eigenvalue weighted by Crippen LogP contribution is 2.12. The Morgan fingerprint density at radius 2 is 1.64 bits per heavy atom. The Bertz CT molecular complexity index is 801. The lowest BCUT2D eigenvalue weighted by molar-refractivity contribution is -0.384. The second-order valence-corrected chi connectivity index (χ2v) is 5.06. The SMILES string of the molecule is O=C(O)CCC(=NNC(=O)c1ccc([N+](=O)[O-])cc1)c1ccccc1. The molecule has 0 unspecified atom stereocenters. The summed E-state index contributed by atoms with van der Waals surface area (Å²) in [5, 5.41) is 23.5. The second-order valence-electron chi connectivity index (χ2n) is 5.06. The molecule has 0 saturated heterocycles. The summed E-state index contributed by atoms with van der Waals surface area (Å²) in [5.41, 5.74) is 3.58. The molecule has 2 N–H and O–H groups in total. The van der Waals surface area contributed by atoms with Crippen LogP contribution in [0.15, 0.2) is 59.7 Å². The summed E-state index contributed by atoms with van der Waals surface area (Å²) in [7, 11) is 0. The van der Waals surface area contributed by atoms with Gasteiger partial charge < -0.3 is 5.11 Å². The molecule has 0 aliphatic heterocycles. The molecule has 128 valence electrons. The molecule has 2 aromatic rings. The van der Waals surface area contributed by atoms with Crippen molar-refractivity contribution in [3.63, 3.8) is 0 Å². The molecule has 0 radical (unpaired) electrons. The molecule has 8 nitrogen and oxygen atoms in total. The zero-order chi connectivity index (χ0) is 18.2. The van der Waals surface area contributed by atoms with Gasteiger partial charge in [-0.3, -0.25) is 19.7 Å². The third kappa shape index (κ3) is 5.24. The van der Waals surface area contributed by atoms with E-state index in [4.69, 9.17) is 5.11 Å². The number of non-ortho nitro benzene ring substituents is 1. The van der Waals surface area contributed by atoms with Gasteiger partial charge in [0.25, 0.3) is 11.6 Å². The molecule has 0 fully saturated rings. The molecule has 8 heteroatoms. The Morgan fingerprint density at radius 3 is 2.20 bits per heavy atom. The van der Waals surface area contributed by atoms with Gasteiger partial charge in [-0.1, -0.05) is 30.3 Å². The third-order valence-electron chi connectivity index (χ3n) is 3.32. The van der Waals surface area contributed by atoms with Gasteiger partial charge in [-0.2, -0.15) is 5.10 Å². The first-order valence-corrected chi connectivity index (χ1v) is 7.36. The summed E-state index contributed by atoms with van der Waals surface area (Å²) in [5.74, 6) is -1.51. The number of nitro groups is 1. The monoisotopic (exact) mass is 341 g/mol. The summed E-state index contributed by atoms with van der Waals surface area (Å²) in [6, 6.07) is 14.0. The van der Waals surface area contributed by atoms with Crippen LogP contribution < -0.4 is 5.43 Å². The van der Waals surface area contributed by atoms with Crippen LogP contribution in [-0.2, 0) is 4.79 Å². The number of hydrogen-bond acceptors (Lipinski definition) is 5. The predicted octanol–water partition coefficient (Wildman–Crippen LogP) is 2.59. The second kappa shape index (κ2) is 8.34. The zero-order valence-electron chi connectivity index (χ0n) is 13.1. The van der Waals surface area contributed by atoms with Crippen molar-refractivity contribution in [2.45, 2.75) is 12.8 Å². The summed E-state index contributed by atoms with van der Waals surface area (Å²) in [6.07, 6.45) is 0.0288. The van der Waals surface area contributed by atoms with Gasteiger partial charge in [-0.25, -0.2) is 5.43 Å². The Morgan fingerprint density at radius 1 is 1.00 bits per heavy atom. The summed E-state index contributed by atoms with van der Waals surface area (Å²) in [4.78, 5) is 32.9. The molecule has 0 saturated carbocycles. The maximum atomic E-state index is 12.1. The van der Waals surface area contributed by atoms with Crippen LogP contribution in [0.1, 0.15) is 28.8 Å². The van der Waals surface area contributed by atoms with Crippen molar-refractivity contribution in [3.05, 3.63) is 75.8 Å². The number of amides is 1. The van der Waals surface area contributed by atoms with Crippen molar-refractivity contribution in [3.8, 4) is 0 Å². The number of hydrogen-bond donors (Lipinski definition) is 2. The lowest BCUT2D eigenvalue weighted by Gasteiger charge is -2.06. The molecule has 0 bridgehead atoms. The number of nitro benzene ring substituents is 1. The number of carbonyl (C=O) groups is 2. The molecule has 0 spiro atoms. The number of hydrazone groups is 1. The number of rotatable bonds is 7. The maximum absolute atomic E-state index is 12.1. The van der Waals surface area contributed by atoms with Gasteiger partial charge in [-0.15, -0.1) is 0 Å². The average molecular weight is 341 g/mol. The number of aliphatic carboxylic acids is 1. The fourth-order valence-electron chi connectivity index (χ4n) is 2.04. The molecule has 0 aliphatic rings. The van der Waals surface area contributed by atoms with Crippen LogP contribution in [0.4, 0.5) is 5.69 Å². The van der Waals surface area contributed by atoms with Crippen LogP contribution in [0.3, 0.4) is 0 Å². The first-order valence-electron chi connectivity index (χ1n) is 7.36. The van der Waals surface area contributed by atoms with Crippen molar-refractivity contribution in [2.24, 2.45) is 5.10 Å². The van der Waals surface area contributed by atoms with E-state index in [-0.39, 0.29) is 24.1 Å². The van der Waals surface area contributed by atoms with E-state index in [1.165, 1.54) is 24.3 Å². The summed E-state index contributed by atoms with van der Waals surface area (Å²) >= 11 is 0. The molecule has 25 heavy (non-hydrogen) atoms. The first-order chi connectivity index (χ1) is 12.0. The third-order valence-corrected chi connectivity index (χ3v) is 3.32. The Hall–Kier alpha value is -3.55. The van der Waals surface area contributed by atoms with Crippen LogP contribution >= 0.6 is 0 Å². The summed E-state index contributed by atoms with van der Waals surface area (Å²) < 4.78 is 0. The van der Waals surface area contributed by atoms with Gasteiger partial charge in [0.15, 0.2) is 0 Å². The van der Waals surface area contributed by atoms with Crippen LogP contribution in [-0.4, -0.2) is 27.6 Å². The highest BCUT2D eigenvalue weighted by atomic mass is 16.6. The van der Waals surface area contributed by atoms with E-state index in [0.29, 0.717) is 11.3 Å². The van der Waals surface area contributed by atoms with Crippen LogP contribution in [0.5, 0.6) is 0 Å².